The van der Waals surface area contributed by atoms with Gasteiger partial charge in [0.15, 0.2) is 12.6 Å². The van der Waals surface area contributed by atoms with Gasteiger partial charge in [0.1, 0.15) is 0 Å². The van der Waals surface area contributed by atoms with Crippen LogP contribution in [0.25, 0.3) is 0 Å². The van der Waals surface area contributed by atoms with Gasteiger partial charge in [-0.25, -0.2) is 0 Å². The van der Waals surface area contributed by atoms with Gasteiger partial charge in [0, 0.05) is 13.1 Å². The van der Waals surface area contributed by atoms with Crippen molar-refractivity contribution in [3.8, 4) is 0 Å². The summed E-state index contributed by atoms with van der Waals surface area (Å²) in [6, 6.07) is 4.79. The summed E-state index contributed by atoms with van der Waals surface area (Å²) in [6.45, 7) is 3.66. The SMILES string of the molecule is C[C@H](C(=O)N1CCCC1)[NH+](C)CC(=O)Nc1c(Cl)cccc1Cl. The predicted octanol–water partition coefficient (Wildman–Crippen LogP) is 1.46. The van der Waals surface area contributed by atoms with Crippen molar-refractivity contribution in [3.05, 3.63) is 28.2 Å². The quantitative estimate of drug-likeness (QED) is 0.836. The van der Waals surface area contributed by atoms with E-state index in [4.69, 9.17) is 23.2 Å². The van der Waals surface area contributed by atoms with Crippen molar-refractivity contribution in [2.75, 3.05) is 32.0 Å². The van der Waals surface area contributed by atoms with Crippen LogP contribution in [0, 0.1) is 0 Å². The maximum absolute atomic E-state index is 12.4. The Kier molecular flexibility index (Phi) is 6.27. The monoisotopic (exact) mass is 358 g/mol. The number of amides is 2. The molecule has 0 radical (unpaired) electrons. The molecule has 0 spiro atoms. The number of benzene rings is 1. The number of para-hydroxylation sites is 1. The third-order valence-electron chi connectivity index (χ3n) is 4.19. The molecule has 2 atom stereocenters. The highest BCUT2D eigenvalue weighted by molar-refractivity contribution is 6.39. The van der Waals surface area contributed by atoms with Crippen LogP contribution in [0.2, 0.25) is 10.0 Å². The van der Waals surface area contributed by atoms with Crippen molar-refractivity contribution in [2.24, 2.45) is 0 Å². The number of nitrogens with one attached hydrogen (secondary N) is 2. The molecule has 1 unspecified atom stereocenters. The summed E-state index contributed by atoms with van der Waals surface area (Å²) in [4.78, 5) is 27.3. The van der Waals surface area contributed by atoms with Gasteiger partial charge < -0.3 is 15.1 Å². The van der Waals surface area contributed by atoms with Crippen molar-refractivity contribution in [1.29, 1.82) is 0 Å². The Hall–Kier alpha value is -1.30. The van der Waals surface area contributed by atoms with E-state index in [-0.39, 0.29) is 24.4 Å². The fourth-order valence-electron chi connectivity index (χ4n) is 2.63. The van der Waals surface area contributed by atoms with Crippen LogP contribution in [0.5, 0.6) is 0 Å². The Bertz CT molecular complexity index is 568. The minimum atomic E-state index is -0.263. The second-order valence-electron chi connectivity index (χ2n) is 5.92. The average Bonchev–Trinajstić information content (AvgIpc) is 3.04. The molecule has 23 heavy (non-hydrogen) atoms. The standard InChI is InChI=1S/C16H21Cl2N3O2/c1-11(16(23)21-8-3-4-9-21)20(2)10-14(22)19-15-12(17)6-5-7-13(15)18/h5-7,11H,3-4,8-10H2,1-2H3,(H,19,22)/p+1/t11-/m1/s1. The third kappa shape index (κ3) is 4.59. The summed E-state index contributed by atoms with van der Waals surface area (Å²) < 4.78 is 0. The molecule has 1 aliphatic rings. The molecule has 0 saturated carbocycles. The minimum Gasteiger partial charge on any atom is -0.338 e. The molecule has 0 bridgehead atoms. The second kappa shape index (κ2) is 7.99. The summed E-state index contributed by atoms with van der Waals surface area (Å²) in [6.07, 6.45) is 2.12. The van der Waals surface area contributed by atoms with E-state index >= 15 is 0 Å². The number of likely N-dealkylation sites (N-methyl/N-ethyl adjacent to an activating group) is 1. The van der Waals surface area contributed by atoms with Gasteiger partial charge in [0.2, 0.25) is 0 Å². The molecule has 2 amide bonds. The van der Waals surface area contributed by atoms with Crippen LogP contribution in [0.4, 0.5) is 5.69 Å². The van der Waals surface area contributed by atoms with Gasteiger partial charge in [-0.05, 0) is 31.9 Å². The van der Waals surface area contributed by atoms with Gasteiger partial charge in [-0.15, -0.1) is 0 Å². The zero-order chi connectivity index (χ0) is 17.0. The lowest BCUT2D eigenvalue weighted by Crippen LogP contribution is -3.15. The number of likely N-dealkylation sites (tertiary alicyclic amines) is 1. The van der Waals surface area contributed by atoms with E-state index in [2.05, 4.69) is 5.32 Å². The molecule has 7 heteroatoms. The van der Waals surface area contributed by atoms with Gasteiger partial charge in [-0.3, -0.25) is 9.59 Å². The van der Waals surface area contributed by atoms with Crippen LogP contribution >= 0.6 is 23.2 Å². The summed E-state index contributed by atoms with van der Waals surface area (Å²) in [7, 11) is 1.84. The van der Waals surface area contributed by atoms with E-state index in [1.807, 2.05) is 18.9 Å². The van der Waals surface area contributed by atoms with Gasteiger partial charge in [0.25, 0.3) is 11.8 Å². The van der Waals surface area contributed by atoms with Gasteiger partial charge >= 0.3 is 0 Å². The number of halogens is 2. The number of nitrogens with zero attached hydrogens (tertiary/aromatic N) is 1. The highest BCUT2D eigenvalue weighted by Crippen LogP contribution is 2.29. The molecule has 0 aliphatic carbocycles. The third-order valence-corrected chi connectivity index (χ3v) is 4.82. The van der Waals surface area contributed by atoms with Crippen LogP contribution in [0.1, 0.15) is 19.8 Å². The Morgan fingerprint density at radius 3 is 2.39 bits per heavy atom. The fourth-order valence-corrected chi connectivity index (χ4v) is 3.12. The molecule has 2 N–H and O–H groups in total. The molecule has 0 aromatic heterocycles. The van der Waals surface area contributed by atoms with Gasteiger partial charge in [-0.2, -0.15) is 0 Å². The summed E-state index contributed by atoms with van der Waals surface area (Å²) >= 11 is 12.1. The number of carbonyl (C=O) groups excluding carboxylic acids is 2. The van der Waals surface area contributed by atoms with Crippen molar-refractivity contribution < 1.29 is 14.5 Å². The summed E-state index contributed by atoms with van der Waals surface area (Å²) in [5, 5.41) is 3.51. The van der Waals surface area contributed by atoms with Crippen LogP contribution in [0.15, 0.2) is 18.2 Å². The van der Waals surface area contributed by atoms with Crippen LogP contribution in [-0.2, 0) is 9.59 Å². The second-order valence-corrected chi connectivity index (χ2v) is 6.74. The van der Waals surface area contributed by atoms with Crippen molar-refractivity contribution in [2.45, 2.75) is 25.8 Å². The van der Waals surface area contributed by atoms with E-state index < -0.39 is 0 Å². The van der Waals surface area contributed by atoms with Crippen molar-refractivity contribution in [3.63, 3.8) is 0 Å². The Labute approximate surface area is 146 Å². The molecule has 1 saturated heterocycles. The van der Waals surface area contributed by atoms with E-state index in [9.17, 15) is 9.59 Å². The van der Waals surface area contributed by atoms with E-state index in [1.165, 1.54) is 0 Å². The molecule has 1 heterocycles. The highest BCUT2D eigenvalue weighted by atomic mass is 35.5. The average molecular weight is 359 g/mol. The number of hydrogen-bond donors (Lipinski definition) is 2. The molecule has 1 aliphatic heterocycles. The fraction of sp³-hybridized carbons (Fsp3) is 0.500. The lowest BCUT2D eigenvalue weighted by atomic mass is 10.2. The zero-order valence-electron chi connectivity index (χ0n) is 13.4. The number of anilines is 1. The maximum atomic E-state index is 12.4. The first-order valence-electron chi connectivity index (χ1n) is 7.75. The van der Waals surface area contributed by atoms with Crippen molar-refractivity contribution >= 4 is 40.7 Å². The highest BCUT2D eigenvalue weighted by Gasteiger charge is 2.29. The lowest BCUT2D eigenvalue weighted by Gasteiger charge is -2.25. The molecular weight excluding hydrogens is 337 g/mol. The number of carbonyl (C=O) groups is 2. The largest absolute Gasteiger partial charge is 0.338 e. The first-order chi connectivity index (χ1) is 10.9. The summed E-state index contributed by atoms with van der Waals surface area (Å²) in [5.74, 6) is -0.123. The number of rotatable bonds is 5. The van der Waals surface area contributed by atoms with Gasteiger partial charge in [-0.1, -0.05) is 29.3 Å². The lowest BCUT2D eigenvalue weighted by molar-refractivity contribution is -0.886. The normalized spacial score (nSPS) is 17.0. The Balaban J connectivity index is 1.92. The van der Waals surface area contributed by atoms with Gasteiger partial charge in [0.05, 0.1) is 22.8 Å². The van der Waals surface area contributed by atoms with E-state index in [1.54, 1.807) is 18.2 Å². The van der Waals surface area contributed by atoms with Crippen LogP contribution in [0.3, 0.4) is 0 Å². The van der Waals surface area contributed by atoms with Crippen molar-refractivity contribution in [1.82, 2.24) is 4.90 Å². The summed E-state index contributed by atoms with van der Waals surface area (Å²) in [5.41, 5.74) is 0.409. The minimum absolute atomic E-state index is 0.101. The van der Waals surface area contributed by atoms with E-state index in [0.29, 0.717) is 15.7 Å². The molecule has 126 valence electrons. The smallest absolute Gasteiger partial charge is 0.280 e. The molecule has 1 aromatic rings. The zero-order valence-corrected chi connectivity index (χ0v) is 14.9. The Morgan fingerprint density at radius 2 is 1.83 bits per heavy atom. The van der Waals surface area contributed by atoms with Crippen LogP contribution in [-0.4, -0.2) is 49.4 Å². The molecule has 1 fully saturated rings. The number of quaternary nitrogens is 1. The number of hydrogen-bond acceptors (Lipinski definition) is 2. The first-order valence-corrected chi connectivity index (χ1v) is 8.50. The molecule has 2 rings (SSSR count). The van der Waals surface area contributed by atoms with Crippen LogP contribution < -0.4 is 10.2 Å². The first kappa shape index (κ1) is 18.0. The molecule has 1 aromatic carbocycles. The Morgan fingerprint density at radius 1 is 1.26 bits per heavy atom. The molecular formula is C16H22Cl2N3O2+. The predicted molar refractivity (Wildman–Crippen MR) is 92.1 cm³/mol. The topological polar surface area (TPSA) is 53.9 Å². The molecule has 5 nitrogen and oxygen atoms in total. The maximum Gasteiger partial charge on any atom is 0.280 e. The van der Waals surface area contributed by atoms with E-state index in [0.717, 1.165) is 30.8 Å².